The van der Waals surface area contributed by atoms with Gasteiger partial charge in [0.2, 0.25) is 11.4 Å². The molecular formula is C27H28N6O3. The van der Waals surface area contributed by atoms with Crippen LogP contribution in [0.3, 0.4) is 0 Å². The van der Waals surface area contributed by atoms with Gasteiger partial charge < -0.3 is 26.0 Å². The molecule has 0 bridgehead atoms. The number of hydrogen-bond donors (Lipinski definition) is 4. The number of aryl methyl sites for hydroxylation is 2. The largest absolute Gasteiger partial charge is 0.395 e. The Morgan fingerprint density at radius 3 is 2.69 bits per heavy atom. The van der Waals surface area contributed by atoms with Crippen molar-refractivity contribution in [2.24, 2.45) is 5.73 Å². The summed E-state index contributed by atoms with van der Waals surface area (Å²) >= 11 is 0. The Labute approximate surface area is 208 Å². The van der Waals surface area contributed by atoms with Crippen molar-refractivity contribution in [3.05, 3.63) is 87.3 Å². The van der Waals surface area contributed by atoms with E-state index in [-0.39, 0.29) is 24.1 Å². The summed E-state index contributed by atoms with van der Waals surface area (Å²) in [4.78, 5) is 35.0. The Morgan fingerprint density at radius 1 is 1.11 bits per heavy atom. The number of carbonyl (C=O) groups excluding carboxylic acids is 1. The van der Waals surface area contributed by atoms with Crippen LogP contribution in [0.1, 0.15) is 33.5 Å². The maximum absolute atomic E-state index is 13.2. The number of anilines is 2. The van der Waals surface area contributed by atoms with Gasteiger partial charge in [-0.15, -0.1) is 0 Å². The summed E-state index contributed by atoms with van der Waals surface area (Å²) in [6.07, 6.45) is 6.92. The molecule has 2 heterocycles. The average molecular weight is 485 g/mol. The zero-order chi connectivity index (χ0) is 25.1. The van der Waals surface area contributed by atoms with Gasteiger partial charge in [0.25, 0.3) is 5.91 Å². The predicted molar refractivity (Wildman–Crippen MR) is 139 cm³/mol. The van der Waals surface area contributed by atoms with Gasteiger partial charge in [0.1, 0.15) is 5.56 Å². The molecule has 0 saturated carbocycles. The molecule has 9 heteroatoms. The quantitative estimate of drug-likeness (QED) is 0.301. The third-order valence-corrected chi connectivity index (χ3v) is 6.39. The second-order valence-electron chi connectivity index (χ2n) is 8.82. The van der Waals surface area contributed by atoms with Gasteiger partial charge in [-0.05, 0) is 73.2 Å². The summed E-state index contributed by atoms with van der Waals surface area (Å²) in [6, 6.07) is 14.0. The van der Waals surface area contributed by atoms with Crippen molar-refractivity contribution in [1.82, 2.24) is 19.9 Å². The number of nitrogens with one attached hydrogen (secondary N) is 2. The highest BCUT2D eigenvalue weighted by atomic mass is 16.3. The summed E-state index contributed by atoms with van der Waals surface area (Å²) in [5.41, 5.74) is 10.9. The first-order valence-electron chi connectivity index (χ1n) is 12.1. The third-order valence-electron chi connectivity index (χ3n) is 6.39. The van der Waals surface area contributed by atoms with Crippen LogP contribution in [0.4, 0.5) is 11.6 Å². The van der Waals surface area contributed by atoms with Crippen LogP contribution in [-0.2, 0) is 19.3 Å². The Hall–Kier alpha value is -4.08. The molecule has 5 N–H and O–H groups in total. The second-order valence-corrected chi connectivity index (χ2v) is 8.82. The van der Waals surface area contributed by atoms with Gasteiger partial charge in [-0.25, -0.2) is 4.98 Å². The molecule has 1 aliphatic rings. The van der Waals surface area contributed by atoms with Gasteiger partial charge >= 0.3 is 0 Å². The lowest BCUT2D eigenvalue weighted by atomic mass is 10.1. The van der Waals surface area contributed by atoms with E-state index in [0.717, 1.165) is 42.6 Å². The lowest BCUT2D eigenvalue weighted by Gasteiger charge is -2.15. The van der Waals surface area contributed by atoms with Crippen molar-refractivity contribution in [1.29, 1.82) is 0 Å². The van der Waals surface area contributed by atoms with Crippen LogP contribution in [0.5, 0.6) is 0 Å². The van der Waals surface area contributed by atoms with Crippen LogP contribution in [0, 0.1) is 0 Å². The fourth-order valence-electron chi connectivity index (χ4n) is 4.55. The number of hydrogen-bond acceptors (Lipinski definition) is 7. The van der Waals surface area contributed by atoms with E-state index in [1.807, 2.05) is 30.3 Å². The number of nitrogens with two attached hydrogens (primary N) is 1. The summed E-state index contributed by atoms with van der Waals surface area (Å²) in [6.45, 7) is 0.420. The fraction of sp³-hybridized carbons (Fsp3) is 0.259. The highest BCUT2D eigenvalue weighted by molar-refractivity contribution is 5.97. The molecule has 1 amide bonds. The van der Waals surface area contributed by atoms with Gasteiger partial charge in [0.15, 0.2) is 5.65 Å². The standard InChI is InChI=1S/C27H28N6O3/c28-11-10-17-4-7-20(8-5-17)31-27-30-15-22-24(35)23(26(36)29-12-13-34)16-33(25(22)32-27)21-9-6-18-2-1-3-19(18)14-21/h4-9,14-16,34H,1-3,10-13,28H2,(H,29,36)(H,30,31,32). The van der Waals surface area contributed by atoms with E-state index in [1.54, 1.807) is 4.57 Å². The van der Waals surface area contributed by atoms with Crippen LogP contribution >= 0.6 is 0 Å². The van der Waals surface area contributed by atoms with Crippen LogP contribution in [0.15, 0.2) is 59.7 Å². The Kier molecular flexibility index (Phi) is 6.75. The summed E-state index contributed by atoms with van der Waals surface area (Å²) in [7, 11) is 0. The molecule has 0 fully saturated rings. The maximum atomic E-state index is 13.2. The van der Waals surface area contributed by atoms with Crippen molar-refractivity contribution in [2.75, 3.05) is 25.0 Å². The second kappa shape index (κ2) is 10.3. The highest BCUT2D eigenvalue weighted by Gasteiger charge is 2.19. The van der Waals surface area contributed by atoms with E-state index in [9.17, 15) is 9.59 Å². The number of amides is 1. The van der Waals surface area contributed by atoms with E-state index in [0.29, 0.717) is 18.1 Å². The van der Waals surface area contributed by atoms with Crippen molar-refractivity contribution in [2.45, 2.75) is 25.7 Å². The van der Waals surface area contributed by atoms with Crippen LogP contribution in [0.25, 0.3) is 16.7 Å². The SMILES string of the molecule is NCCc1ccc(Nc2ncc3c(=O)c(C(=O)NCCO)cn(-c4ccc5c(c4)CCC5)c3n2)cc1. The number of pyridine rings is 1. The summed E-state index contributed by atoms with van der Waals surface area (Å²) in [5.74, 6) is -0.216. The van der Waals surface area contributed by atoms with E-state index < -0.39 is 11.3 Å². The Bertz CT molecular complexity index is 1480. The molecule has 0 radical (unpaired) electrons. The van der Waals surface area contributed by atoms with E-state index in [1.165, 1.54) is 23.5 Å². The highest BCUT2D eigenvalue weighted by Crippen LogP contribution is 2.26. The fourth-order valence-corrected chi connectivity index (χ4v) is 4.55. The minimum absolute atomic E-state index is 0.0312. The van der Waals surface area contributed by atoms with E-state index in [2.05, 4.69) is 32.7 Å². The molecule has 0 spiro atoms. The molecule has 1 aliphatic carbocycles. The number of aliphatic hydroxyl groups excluding tert-OH is 1. The number of rotatable bonds is 8. The van der Waals surface area contributed by atoms with Crippen molar-refractivity contribution < 1.29 is 9.90 Å². The predicted octanol–water partition coefficient (Wildman–Crippen LogP) is 2.24. The number of nitrogens with zero attached hydrogens (tertiary/aromatic N) is 3. The zero-order valence-corrected chi connectivity index (χ0v) is 19.8. The maximum Gasteiger partial charge on any atom is 0.256 e. The van der Waals surface area contributed by atoms with E-state index >= 15 is 0 Å². The van der Waals surface area contributed by atoms with Crippen molar-refractivity contribution >= 4 is 28.6 Å². The van der Waals surface area contributed by atoms with Gasteiger partial charge in [-0.3, -0.25) is 9.59 Å². The zero-order valence-electron chi connectivity index (χ0n) is 19.8. The number of aromatic nitrogens is 3. The third kappa shape index (κ3) is 4.71. The molecule has 0 atom stereocenters. The van der Waals surface area contributed by atoms with Gasteiger partial charge in [0, 0.05) is 30.3 Å². The van der Waals surface area contributed by atoms with Crippen LogP contribution in [-0.4, -0.2) is 45.2 Å². The van der Waals surface area contributed by atoms with Gasteiger partial charge in [0.05, 0.1) is 12.0 Å². The lowest BCUT2D eigenvalue weighted by Crippen LogP contribution is -2.31. The molecule has 0 saturated heterocycles. The minimum atomic E-state index is -0.550. The molecule has 9 nitrogen and oxygen atoms in total. The summed E-state index contributed by atoms with van der Waals surface area (Å²) in [5, 5.41) is 15.1. The normalized spacial score (nSPS) is 12.5. The first-order chi connectivity index (χ1) is 17.6. The molecule has 36 heavy (non-hydrogen) atoms. The molecule has 0 unspecified atom stereocenters. The van der Waals surface area contributed by atoms with Crippen molar-refractivity contribution in [3.63, 3.8) is 0 Å². The van der Waals surface area contributed by atoms with Crippen LogP contribution in [0.2, 0.25) is 0 Å². The van der Waals surface area contributed by atoms with Crippen LogP contribution < -0.4 is 21.8 Å². The smallest absolute Gasteiger partial charge is 0.256 e. The minimum Gasteiger partial charge on any atom is -0.395 e. The molecule has 2 aromatic carbocycles. The number of aliphatic hydroxyl groups is 1. The molecule has 5 rings (SSSR count). The first-order valence-corrected chi connectivity index (χ1v) is 12.1. The van der Waals surface area contributed by atoms with E-state index in [4.69, 9.17) is 10.8 Å². The topological polar surface area (TPSA) is 135 Å². The summed E-state index contributed by atoms with van der Waals surface area (Å²) < 4.78 is 1.76. The molecule has 184 valence electrons. The Morgan fingerprint density at radius 2 is 1.92 bits per heavy atom. The molecule has 2 aromatic heterocycles. The average Bonchev–Trinajstić information content (AvgIpc) is 3.37. The lowest BCUT2D eigenvalue weighted by molar-refractivity contribution is 0.0943. The van der Waals surface area contributed by atoms with Gasteiger partial charge in [-0.2, -0.15) is 4.98 Å². The van der Waals surface area contributed by atoms with Crippen molar-refractivity contribution in [3.8, 4) is 5.69 Å². The Balaban J connectivity index is 1.60. The molecular weight excluding hydrogens is 456 g/mol. The van der Waals surface area contributed by atoms with Gasteiger partial charge in [-0.1, -0.05) is 18.2 Å². The number of benzene rings is 2. The molecule has 4 aromatic rings. The monoisotopic (exact) mass is 484 g/mol. The molecule has 0 aliphatic heterocycles. The first kappa shape index (κ1) is 23.7. The number of carbonyl (C=O) groups is 1. The number of fused-ring (bicyclic) bond motifs is 2.